The number of carboxylic acids is 1. The summed E-state index contributed by atoms with van der Waals surface area (Å²) in [6, 6.07) is 3.10. The van der Waals surface area contributed by atoms with Crippen molar-refractivity contribution >= 4 is 11.9 Å². The summed E-state index contributed by atoms with van der Waals surface area (Å²) in [5.41, 5.74) is -0.0356. The van der Waals surface area contributed by atoms with Crippen molar-refractivity contribution in [1.29, 1.82) is 0 Å². The van der Waals surface area contributed by atoms with E-state index in [-0.39, 0.29) is 24.4 Å². The predicted octanol–water partition coefficient (Wildman–Crippen LogP) is 1.76. The summed E-state index contributed by atoms with van der Waals surface area (Å²) < 4.78 is 12.8. The summed E-state index contributed by atoms with van der Waals surface area (Å²) in [7, 11) is 0. The van der Waals surface area contributed by atoms with Crippen LogP contribution in [0.1, 0.15) is 30.1 Å². The lowest BCUT2D eigenvalue weighted by Gasteiger charge is -2.13. The van der Waals surface area contributed by atoms with Gasteiger partial charge in [0.25, 0.3) is 5.91 Å². The zero-order valence-corrected chi connectivity index (χ0v) is 10.5. The highest BCUT2D eigenvalue weighted by Crippen LogP contribution is 2.18. The molecule has 1 aromatic carbocycles. The van der Waals surface area contributed by atoms with Crippen molar-refractivity contribution in [3.63, 3.8) is 0 Å². The van der Waals surface area contributed by atoms with Crippen molar-refractivity contribution in [2.45, 2.75) is 19.8 Å². The number of aromatic hydroxyl groups is 1. The van der Waals surface area contributed by atoms with Crippen molar-refractivity contribution in [2.24, 2.45) is 5.92 Å². The van der Waals surface area contributed by atoms with Crippen LogP contribution in [0.5, 0.6) is 5.75 Å². The van der Waals surface area contributed by atoms with E-state index < -0.39 is 23.4 Å². The van der Waals surface area contributed by atoms with Crippen molar-refractivity contribution in [1.82, 2.24) is 5.32 Å². The van der Waals surface area contributed by atoms with Gasteiger partial charge in [0, 0.05) is 19.0 Å². The number of phenols is 1. The number of benzene rings is 1. The number of carbonyl (C=O) groups is 2. The fourth-order valence-corrected chi connectivity index (χ4v) is 1.64. The fraction of sp³-hybridized carbons (Fsp3) is 0.385. The number of phenolic OH excluding ortho intramolecular Hbond substituents is 1. The molecule has 1 atom stereocenters. The van der Waals surface area contributed by atoms with Crippen LogP contribution in [0.3, 0.4) is 0 Å². The number of carboxylic acid groups (broad SMARTS) is 1. The summed E-state index contributed by atoms with van der Waals surface area (Å²) in [6.45, 7) is 2.02. The highest BCUT2D eigenvalue weighted by molar-refractivity contribution is 5.96. The van der Waals surface area contributed by atoms with Crippen molar-refractivity contribution in [3.8, 4) is 5.75 Å². The molecule has 1 rings (SSSR count). The van der Waals surface area contributed by atoms with Gasteiger partial charge in [0.05, 0.1) is 5.56 Å². The molecule has 0 fully saturated rings. The lowest BCUT2D eigenvalue weighted by atomic mass is 10.0. The van der Waals surface area contributed by atoms with Gasteiger partial charge in [-0.3, -0.25) is 9.59 Å². The summed E-state index contributed by atoms with van der Waals surface area (Å²) >= 11 is 0. The lowest BCUT2D eigenvalue weighted by Crippen LogP contribution is -2.30. The Morgan fingerprint density at radius 3 is 2.63 bits per heavy atom. The van der Waals surface area contributed by atoms with E-state index in [4.69, 9.17) is 5.11 Å². The molecule has 0 bridgehead atoms. The molecule has 19 heavy (non-hydrogen) atoms. The Bertz CT molecular complexity index is 476. The molecular weight excluding hydrogens is 253 g/mol. The first kappa shape index (κ1) is 14.9. The number of carbonyl (C=O) groups excluding carboxylic acids is 1. The van der Waals surface area contributed by atoms with Crippen LogP contribution < -0.4 is 5.32 Å². The summed E-state index contributed by atoms with van der Waals surface area (Å²) in [4.78, 5) is 22.3. The number of amides is 1. The van der Waals surface area contributed by atoms with Crippen molar-refractivity contribution in [2.75, 3.05) is 6.54 Å². The summed E-state index contributed by atoms with van der Waals surface area (Å²) in [6.07, 6.45) is 0.578. The molecule has 0 radical (unpaired) electrons. The van der Waals surface area contributed by atoms with Gasteiger partial charge in [-0.25, -0.2) is 4.39 Å². The number of aliphatic carboxylic acids is 1. The van der Waals surface area contributed by atoms with E-state index in [1.807, 2.05) is 6.92 Å². The zero-order chi connectivity index (χ0) is 14.4. The number of hydrogen-bond acceptors (Lipinski definition) is 3. The van der Waals surface area contributed by atoms with Crippen molar-refractivity contribution < 1.29 is 24.2 Å². The molecule has 0 saturated carbocycles. The topological polar surface area (TPSA) is 86.6 Å². The number of halogens is 1. The Labute approximate surface area is 110 Å². The SMILES string of the molecule is CCC(CNC(=O)c1ccc(F)cc1O)CC(=O)O. The first-order chi connectivity index (χ1) is 8.93. The standard InChI is InChI=1S/C13H16FNO4/c1-2-8(5-12(17)18)7-15-13(19)10-4-3-9(14)6-11(10)16/h3-4,6,8,16H,2,5,7H2,1H3,(H,15,19)(H,17,18). The van der Waals surface area contributed by atoms with E-state index in [0.29, 0.717) is 6.42 Å². The average molecular weight is 269 g/mol. The van der Waals surface area contributed by atoms with Gasteiger partial charge in [-0.2, -0.15) is 0 Å². The van der Waals surface area contributed by atoms with E-state index >= 15 is 0 Å². The smallest absolute Gasteiger partial charge is 0.303 e. The van der Waals surface area contributed by atoms with Crippen molar-refractivity contribution in [3.05, 3.63) is 29.6 Å². The monoisotopic (exact) mass is 269 g/mol. The Kier molecular flexibility index (Phi) is 5.29. The molecule has 1 amide bonds. The van der Waals surface area contributed by atoms with Crippen LogP contribution in [0.15, 0.2) is 18.2 Å². The zero-order valence-electron chi connectivity index (χ0n) is 10.5. The molecular formula is C13H16FNO4. The molecule has 1 aromatic rings. The third-order valence-corrected chi connectivity index (χ3v) is 2.80. The van der Waals surface area contributed by atoms with Gasteiger partial charge in [-0.05, 0) is 18.1 Å². The molecule has 0 aromatic heterocycles. The van der Waals surface area contributed by atoms with Crippen LogP contribution >= 0.6 is 0 Å². The molecule has 0 aliphatic carbocycles. The Hall–Kier alpha value is -2.11. The van der Waals surface area contributed by atoms with E-state index in [1.165, 1.54) is 6.07 Å². The quantitative estimate of drug-likeness (QED) is 0.734. The predicted molar refractivity (Wildman–Crippen MR) is 66.4 cm³/mol. The third-order valence-electron chi connectivity index (χ3n) is 2.80. The fourth-order valence-electron chi connectivity index (χ4n) is 1.64. The van der Waals surface area contributed by atoms with Crippen LogP contribution in [-0.4, -0.2) is 28.6 Å². The molecule has 0 aliphatic rings. The summed E-state index contributed by atoms with van der Waals surface area (Å²) in [5, 5.41) is 20.6. The van der Waals surface area contributed by atoms with Crippen LogP contribution in [0.4, 0.5) is 4.39 Å². The van der Waals surface area contributed by atoms with E-state index in [9.17, 15) is 19.1 Å². The number of rotatable bonds is 6. The average Bonchev–Trinajstić information content (AvgIpc) is 2.33. The van der Waals surface area contributed by atoms with Crippen LogP contribution in [-0.2, 0) is 4.79 Å². The maximum Gasteiger partial charge on any atom is 0.303 e. The Morgan fingerprint density at radius 2 is 2.11 bits per heavy atom. The van der Waals surface area contributed by atoms with Gasteiger partial charge >= 0.3 is 5.97 Å². The normalized spacial score (nSPS) is 11.9. The molecule has 3 N–H and O–H groups in total. The van der Waals surface area contributed by atoms with Crippen LogP contribution in [0, 0.1) is 11.7 Å². The van der Waals surface area contributed by atoms with Crippen LogP contribution in [0.25, 0.3) is 0 Å². The van der Waals surface area contributed by atoms with E-state index in [0.717, 1.165) is 12.1 Å². The molecule has 0 spiro atoms. The minimum absolute atomic E-state index is 0.0355. The Balaban J connectivity index is 2.61. The summed E-state index contributed by atoms with van der Waals surface area (Å²) in [5.74, 6) is -2.73. The third kappa shape index (κ3) is 4.57. The van der Waals surface area contributed by atoms with Gasteiger partial charge in [0.2, 0.25) is 0 Å². The molecule has 0 heterocycles. The molecule has 0 saturated heterocycles. The number of nitrogens with one attached hydrogen (secondary N) is 1. The van der Waals surface area contributed by atoms with Gasteiger partial charge in [-0.1, -0.05) is 13.3 Å². The van der Waals surface area contributed by atoms with Gasteiger partial charge in [0.1, 0.15) is 11.6 Å². The second-order valence-corrected chi connectivity index (χ2v) is 4.24. The van der Waals surface area contributed by atoms with E-state index in [2.05, 4.69) is 5.32 Å². The minimum Gasteiger partial charge on any atom is -0.507 e. The van der Waals surface area contributed by atoms with Gasteiger partial charge in [0.15, 0.2) is 0 Å². The molecule has 5 nitrogen and oxygen atoms in total. The highest BCUT2D eigenvalue weighted by atomic mass is 19.1. The highest BCUT2D eigenvalue weighted by Gasteiger charge is 2.15. The Morgan fingerprint density at radius 1 is 1.42 bits per heavy atom. The van der Waals surface area contributed by atoms with E-state index in [1.54, 1.807) is 0 Å². The van der Waals surface area contributed by atoms with Gasteiger partial charge in [-0.15, -0.1) is 0 Å². The molecule has 0 aliphatic heterocycles. The second-order valence-electron chi connectivity index (χ2n) is 4.24. The maximum atomic E-state index is 12.8. The second kappa shape index (κ2) is 6.72. The van der Waals surface area contributed by atoms with Crippen LogP contribution in [0.2, 0.25) is 0 Å². The maximum absolute atomic E-state index is 12.8. The molecule has 1 unspecified atom stereocenters. The van der Waals surface area contributed by atoms with Gasteiger partial charge < -0.3 is 15.5 Å². The largest absolute Gasteiger partial charge is 0.507 e. The first-order valence-electron chi connectivity index (χ1n) is 5.92. The number of hydrogen-bond donors (Lipinski definition) is 3. The molecule has 104 valence electrons. The lowest BCUT2D eigenvalue weighted by molar-refractivity contribution is -0.138. The first-order valence-corrected chi connectivity index (χ1v) is 5.92. The molecule has 6 heteroatoms. The minimum atomic E-state index is -0.925.